The van der Waals surface area contributed by atoms with Crippen LogP contribution >= 0.6 is 0 Å². The molecule has 0 bridgehead atoms. The number of ether oxygens (including phenoxy) is 3. The van der Waals surface area contributed by atoms with Crippen LogP contribution in [0.5, 0.6) is 17.2 Å². The summed E-state index contributed by atoms with van der Waals surface area (Å²) >= 11 is 0. The van der Waals surface area contributed by atoms with Gasteiger partial charge in [-0.15, -0.1) is 0 Å². The van der Waals surface area contributed by atoms with E-state index in [2.05, 4.69) is 0 Å². The number of phenolic OH excluding ortho intramolecular Hbond substituents is 1. The van der Waals surface area contributed by atoms with E-state index in [1.165, 1.54) is 37.6 Å². The van der Waals surface area contributed by atoms with Crippen molar-refractivity contribution < 1.29 is 44.2 Å². The van der Waals surface area contributed by atoms with Crippen molar-refractivity contribution in [3.05, 3.63) is 52.9 Å². The predicted molar refractivity (Wildman–Crippen MR) is 111 cm³/mol. The summed E-state index contributed by atoms with van der Waals surface area (Å²) < 4.78 is 22.0. The molecule has 5 N–H and O–H groups in total. The van der Waals surface area contributed by atoms with E-state index < -0.39 is 42.7 Å². The standard InChI is InChI=1S/C22H22O10/c1-29-12-6-14-17(18(25)13(9-30-14)10-2-4-11(24)5-3-10)15(7-12)31-22-21(28)20(27)19(26)16(8-23)32-22/h2-7,9,16,19-24,26-28H,8H2,1H3/t16-,19-,20+,21-,22+/m1/s1. The third-order valence-corrected chi connectivity index (χ3v) is 5.32. The molecule has 3 aromatic rings. The molecular formula is C22H22O10. The van der Waals surface area contributed by atoms with Gasteiger partial charge < -0.3 is 44.2 Å². The molecule has 10 nitrogen and oxygen atoms in total. The number of methoxy groups -OCH3 is 1. The Bertz CT molecular complexity index is 1150. The second-order valence-corrected chi connectivity index (χ2v) is 7.34. The molecule has 10 heteroatoms. The van der Waals surface area contributed by atoms with Gasteiger partial charge in [0.15, 0.2) is 0 Å². The molecule has 5 atom stereocenters. The maximum Gasteiger partial charge on any atom is 0.229 e. The quantitative estimate of drug-likeness (QED) is 0.370. The second kappa shape index (κ2) is 8.77. The number of fused-ring (bicyclic) bond motifs is 1. The minimum absolute atomic E-state index is 0.0216. The number of rotatable bonds is 5. The molecule has 32 heavy (non-hydrogen) atoms. The fraction of sp³-hybridized carbons (Fsp3) is 0.318. The number of aliphatic hydroxyl groups excluding tert-OH is 4. The zero-order valence-electron chi connectivity index (χ0n) is 16.9. The Hall–Kier alpha value is -3.15. The highest BCUT2D eigenvalue weighted by atomic mass is 16.7. The van der Waals surface area contributed by atoms with Crippen molar-refractivity contribution >= 4 is 11.0 Å². The number of hydrogen-bond acceptors (Lipinski definition) is 10. The van der Waals surface area contributed by atoms with Crippen molar-refractivity contribution in [2.24, 2.45) is 0 Å². The number of hydrogen-bond donors (Lipinski definition) is 5. The first-order valence-electron chi connectivity index (χ1n) is 9.74. The monoisotopic (exact) mass is 446 g/mol. The Kier molecular flexibility index (Phi) is 6.04. The Morgan fingerprint density at radius 1 is 1.03 bits per heavy atom. The summed E-state index contributed by atoms with van der Waals surface area (Å²) in [6.07, 6.45) is -6.28. The first kappa shape index (κ1) is 22.1. The Balaban J connectivity index is 1.81. The number of aromatic hydroxyl groups is 1. The highest BCUT2D eigenvalue weighted by molar-refractivity contribution is 5.88. The maximum atomic E-state index is 13.3. The van der Waals surface area contributed by atoms with E-state index in [0.29, 0.717) is 5.56 Å². The largest absolute Gasteiger partial charge is 0.508 e. The zero-order chi connectivity index (χ0) is 23.0. The maximum absolute atomic E-state index is 13.3. The zero-order valence-corrected chi connectivity index (χ0v) is 16.9. The van der Waals surface area contributed by atoms with Gasteiger partial charge in [-0.3, -0.25) is 4.79 Å². The first-order chi connectivity index (χ1) is 15.3. The lowest BCUT2D eigenvalue weighted by molar-refractivity contribution is -0.277. The molecule has 1 saturated heterocycles. The summed E-state index contributed by atoms with van der Waals surface area (Å²) in [5.74, 6) is 0.269. The van der Waals surface area contributed by atoms with Gasteiger partial charge in [-0.25, -0.2) is 0 Å². The highest BCUT2D eigenvalue weighted by Gasteiger charge is 2.45. The van der Waals surface area contributed by atoms with Gasteiger partial charge in [0, 0.05) is 12.1 Å². The summed E-state index contributed by atoms with van der Waals surface area (Å²) in [5, 5.41) is 49.2. The molecule has 4 rings (SSSR count). The van der Waals surface area contributed by atoms with E-state index in [1.807, 2.05) is 0 Å². The molecule has 1 aliphatic heterocycles. The SMILES string of the molecule is COc1cc(O[C@H]2O[C@H](CO)[C@@H](O)[C@H](O)[C@H]2O)c2c(=O)c(-c3ccc(O)cc3)coc2c1. The molecular weight excluding hydrogens is 424 g/mol. The molecule has 1 aliphatic rings. The molecule has 1 fully saturated rings. The van der Waals surface area contributed by atoms with Gasteiger partial charge in [-0.2, -0.15) is 0 Å². The van der Waals surface area contributed by atoms with E-state index in [4.69, 9.17) is 18.6 Å². The van der Waals surface area contributed by atoms with E-state index in [-0.39, 0.29) is 33.8 Å². The van der Waals surface area contributed by atoms with E-state index in [1.54, 1.807) is 12.1 Å². The van der Waals surface area contributed by atoms with Crippen molar-refractivity contribution in [3.63, 3.8) is 0 Å². The lowest BCUT2D eigenvalue weighted by Gasteiger charge is -2.39. The molecule has 170 valence electrons. The van der Waals surface area contributed by atoms with Gasteiger partial charge in [0.05, 0.1) is 19.3 Å². The average Bonchev–Trinajstić information content (AvgIpc) is 2.80. The van der Waals surface area contributed by atoms with Crippen LogP contribution in [0.25, 0.3) is 22.1 Å². The normalized spacial score (nSPS) is 25.6. The van der Waals surface area contributed by atoms with Gasteiger partial charge in [0.1, 0.15) is 58.9 Å². The number of benzene rings is 2. The summed E-state index contributed by atoms with van der Waals surface area (Å²) in [7, 11) is 1.40. The molecule has 2 heterocycles. The molecule has 0 spiro atoms. The fourth-order valence-corrected chi connectivity index (χ4v) is 3.53. The third-order valence-electron chi connectivity index (χ3n) is 5.32. The number of phenols is 1. The van der Waals surface area contributed by atoms with Crippen LogP contribution in [0.15, 0.2) is 51.9 Å². The molecule has 0 radical (unpaired) electrons. The molecule has 0 aliphatic carbocycles. The van der Waals surface area contributed by atoms with Crippen LogP contribution in [-0.4, -0.2) is 70.0 Å². The molecule has 2 aromatic carbocycles. The number of aliphatic hydroxyl groups is 4. The second-order valence-electron chi connectivity index (χ2n) is 7.34. The minimum Gasteiger partial charge on any atom is -0.508 e. The van der Waals surface area contributed by atoms with Crippen molar-refractivity contribution in [1.29, 1.82) is 0 Å². The van der Waals surface area contributed by atoms with E-state index >= 15 is 0 Å². The van der Waals surface area contributed by atoms with Gasteiger partial charge in [-0.05, 0) is 17.7 Å². The first-order valence-corrected chi connectivity index (χ1v) is 9.74. The summed E-state index contributed by atoms with van der Waals surface area (Å²) in [5.41, 5.74) is 0.366. The highest BCUT2D eigenvalue weighted by Crippen LogP contribution is 2.34. The topological polar surface area (TPSA) is 159 Å². The van der Waals surface area contributed by atoms with Crippen LogP contribution in [-0.2, 0) is 4.74 Å². The Morgan fingerprint density at radius 2 is 1.75 bits per heavy atom. The van der Waals surface area contributed by atoms with Crippen molar-refractivity contribution in [3.8, 4) is 28.4 Å². The van der Waals surface area contributed by atoms with Gasteiger partial charge in [-0.1, -0.05) is 12.1 Å². The lowest BCUT2D eigenvalue weighted by Crippen LogP contribution is -2.60. The van der Waals surface area contributed by atoms with Crippen LogP contribution < -0.4 is 14.9 Å². The lowest BCUT2D eigenvalue weighted by atomic mass is 9.99. The van der Waals surface area contributed by atoms with Crippen molar-refractivity contribution in [1.82, 2.24) is 0 Å². The Morgan fingerprint density at radius 3 is 2.41 bits per heavy atom. The fourth-order valence-electron chi connectivity index (χ4n) is 3.53. The van der Waals surface area contributed by atoms with Gasteiger partial charge in [0.25, 0.3) is 0 Å². The van der Waals surface area contributed by atoms with Gasteiger partial charge in [0.2, 0.25) is 11.7 Å². The van der Waals surface area contributed by atoms with E-state index in [9.17, 15) is 30.3 Å². The molecule has 1 aromatic heterocycles. The van der Waals surface area contributed by atoms with E-state index in [0.717, 1.165) is 0 Å². The summed E-state index contributed by atoms with van der Waals surface area (Å²) in [6.45, 7) is -0.628. The predicted octanol–water partition coefficient (Wildman–Crippen LogP) is 0.353. The smallest absolute Gasteiger partial charge is 0.229 e. The summed E-state index contributed by atoms with van der Waals surface area (Å²) in [6, 6.07) is 8.83. The Labute approximate surface area is 181 Å². The summed E-state index contributed by atoms with van der Waals surface area (Å²) in [4.78, 5) is 13.3. The van der Waals surface area contributed by atoms with Crippen LogP contribution in [0.2, 0.25) is 0 Å². The molecule has 0 saturated carbocycles. The minimum atomic E-state index is -1.67. The molecule has 0 amide bonds. The van der Waals surface area contributed by atoms with Crippen LogP contribution in [0.4, 0.5) is 0 Å². The van der Waals surface area contributed by atoms with Crippen molar-refractivity contribution in [2.45, 2.75) is 30.7 Å². The van der Waals surface area contributed by atoms with Crippen LogP contribution in [0.3, 0.4) is 0 Å². The van der Waals surface area contributed by atoms with Crippen molar-refractivity contribution in [2.75, 3.05) is 13.7 Å². The van der Waals surface area contributed by atoms with Crippen LogP contribution in [0.1, 0.15) is 0 Å². The van der Waals surface area contributed by atoms with Gasteiger partial charge >= 0.3 is 0 Å². The third kappa shape index (κ3) is 3.90. The molecule has 0 unspecified atom stereocenters. The average molecular weight is 446 g/mol. The van der Waals surface area contributed by atoms with Crippen LogP contribution in [0, 0.1) is 0 Å².